The SMILES string of the molecule is CC(C)(C)OC(=O)[C@@H](Cc1ccc(OC(C)(C)C)cc1)NCl. The van der Waals surface area contributed by atoms with Gasteiger partial charge in [0.25, 0.3) is 0 Å². The second-order valence-corrected chi connectivity index (χ2v) is 7.48. The van der Waals surface area contributed by atoms with Crippen molar-refractivity contribution in [1.29, 1.82) is 0 Å². The Kier molecular flexibility index (Phi) is 6.27. The molecule has 0 fully saturated rings. The number of ether oxygens (including phenoxy) is 2. The van der Waals surface area contributed by atoms with Crippen molar-refractivity contribution in [2.24, 2.45) is 0 Å². The van der Waals surface area contributed by atoms with E-state index in [1.807, 2.05) is 65.8 Å². The van der Waals surface area contributed by atoms with Gasteiger partial charge in [-0.05, 0) is 77.4 Å². The Hall–Kier alpha value is -1.26. The molecule has 4 nitrogen and oxygen atoms in total. The lowest BCUT2D eigenvalue weighted by molar-refractivity contribution is -0.156. The van der Waals surface area contributed by atoms with Crippen molar-refractivity contribution in [2.75, 3.05) is 0 Å². The molecule has 1 aromatic rings. The van der Waals surface area contributed by atoms with Crippen molar-refractivity contribution >= 4 is 17.7 Å². The lowest BCUT2D eigenvalue weighted by atomic mass is 10.1. The highest BCUT2D eigenvalue weighted by molar-refractivity contribution is 6.14. The summed E-state index contributed by atoms with van der Waals surface area (Å²) in [6.07, 6.45) is 0.453. The molecular weight excluding hydrogens is 302 g/mol. The second kappa shape index (κ2) is 7.34. The van der Waals surface area contributed by atoms with Gasteiger partial charge >= 0.3 is 5.97 Å². The molecule has 0 spiro atoms. The summed E-state index contributed by atoms with van der Waals surface area (Å²) in [6.45, 7) is 11.5. The van der Waals surface area contributed by atoms with Crippen LogP contribution in [0.3, 0.4) is 0 Å². The maximum absolute atomic E-state index is 12.1. The first-order chi connectivity index (χ1) is 10.00. The Morgan fingerprint density at radius 2 is 1.64 bits per heavy atom. The summed E-state index contributed by atoms with van der Waals surface area (Å²) in [5, 5.41) is 0. The number of hydrogen-bond acceptors (Lipinski definition) is 4. The minimum atomic E-state index is -0.588. The Morgan fingerprint density at radius 3 is 2.05 bits per heavy atom. The maximum atomic E-state index is 12.1. The Balaban J connectivity index is 2.70. The van der Waals surface area contributed by atoms with Crippen molar-refractivity contribution in [1.82, 2.24) is 4.84 Å². The van der Waals surface area contributed by atoms with E-state index in [-0.39, 0.29) is 11.6 Å². The van der Waals surface area contributed by atoms with E-state index in [1.54, 1.807) is 0 Å². The summed E-state index contributed by atoms with van der Waals surface area (Å²) in [4.78, 5) is 14.5. The van der Waals surface area contributed by atoms with E-state index in [4.69, 9.17) is 21.3 Å². The largest absolute Gasteiger partial charge is 0.488 e. The third kappa shape index (κ3) is 7.14. The van der Waals surface area contributed by atoms with E-state index in [0.717, 1.165) is 11.3 Å². The Bertz CT molecular complexity index is 486. The molecule has 0 saturated carbocycles. The minimum absolute atomic E-state index is 0.238. The van der Waals surface area contributed by atoms with Gasteiger partial charge in [-0.25, -0.2) is 4.84 Å². The van der Waals surface area contributed by atoms with Gasteiger partial charge in [0.2, 0.25) is 0 Å². The second-order valence-electron chi connectivity index (χ2n) is 7.26. The number of nitrogens with one attached hydrogen (secondary N) is 1. The van der Waals surface area contributed by atoms with E-state index in [9.17, 15) is 4.79 Å². The highest BCUT2D eigenvalue weighted by Gasteiger charge is 2.24. The monoisotopic (exact) mass is 327 g/mol. The van der Waals surface area contributed by atoms with Crippen molar-refractivity contribution in [3.63, 3.8) is 0 Å². The fourth-order valence-corrected chi connectivity index (χ4v) is 1.99. The van der Waals surface area contributed by atoms with Crippen LogP contribution in [0.4, 0.5) is 0 Å². The third-order valence-corrected chi connectivity index (χ3v) is 2.87. The third-order valence-electron chi connectivity index (χ3n) is 2.61. The normalized spacial score (nSPS) is 13.6. The number of halogens is 1. The molecule has 1 atom stereocenters. The van der Waals surface area contributed by atoms with Gasteiger partial charge < -0.3 is 9.47 Å². The Morgan fingerprint density at radius 1 is 1.09 bits per heavy atom. The lowest BCUT2D eigenvalue weighted by Crippen LogP contribution is -2.39. The Labute approximate surface area is 138 Å². The first-order valence-corrected chi connectivity index (χ1v) is 7.75. The molecule has 124 valence electrons. The van der Waals surface area contributed by atoms with E-state index >= 15 is 0 Å². The fraction of sp³-hybridized carbons (Fsp3) is 0.588. The number of esters is 1. The number of carbonyl (C=O) groups excluding carboxylic acids is 1. The zero-order valence-electron chi connectivity index (χ0n) is 14.2. The van der Waals surface area contributed by atoms with Crippen molar-refractivity contribution in [3.8, 4) is 5.75 Å². The van der Waals surface area contributed by atoms with Crippen LogP contribution in [0.25, 0.3) is 0 Å². The summed E-state index contributed by atoms with van der Waals surface area (Å²) in [5.74, 6) is 0.432. The first-order valence-electron chi connectivity index (χ1n) is 7.37. The molecule has 0 aliphatic rings. The van der Waals surface area contributed by atoms with Crippen LogP contribution in [0.1, 0.15) is 47.1 Å². The maximum Gasteiger partial charge on any atom is 0.325 e. The number of benzene rings is 1. The molecule has 1 aromatic carbocycles. The van der Waals surface area contributed by atoms with Gasteiger partial charge in [-0.1, -0.05) is 12.1 Å². The molecule has 0 bridgehead atoms. The van der Waals surface area contributed by atoms with Crippen LogP contribution in [0, 0.1) is 0 Å². The van der Waals surface area contributed by atoms with Crippen molar-refractivity contribution in [3.05, 3.63) is 29.8 Å². The van der Waals surface area contributed by atoms with Gasteiger partial charge in [-0.3, -0.25) is 4.79 Å². The fourth-order valence-electron chi connectivity index (χ4n) is 1.82. The molecule has 0 amide bonds. The summed E-state index contributed by atoms with van der Waals surface area (Å²) < 4.78 is 11.1. The predicted octanol–water partition coefficient (Wildman–Crippen LogP) is 3.86. The smallest absolute Gasteiger partial charge is 0.325 e. The summed E-state index contributed by atoms with van der Waals surface area (Å²) in [5.41, 5.74) is 0.205. The van der Waals surface area contributed by atoms with Gasteiger partial charge in [0.1, 0.15) is 23.0 Å². The van der Waals surface area contributed by atoms with Crippen LogP contribution in [0.15, 0.2) is 24.3 Å². The lowest BCUT2D eigenvalue weighted by Gasteiger charge is -2.23. The molecule has 0 radical (unpaired) electrons. The van der Waals surface area contributed by atoms with Gasteiger partial charge in [0.05, 0.1) is 0 Å². The molecule has 0 saturated heterocycles. The van der Waals surface area contributed by atoms with Gasteiger partial charge in [-0.15, -0.1) is 0 Å². The summed E-state index contributed by atoms with van der Waals surface area (Å²) in [7, 11) is 0. The minimum Gasteiger partial charge on any atom is -0.488 e. The van der Waals surface area contributed by atoms with E-state index in [0.29, 0.717) is 6.42 Å². The molecule has 0 aliphatic heterocycles. The van der Waals surface area contributed by atoms with Crippen molar-refractivity contribution in [2.45, 2.75) is 65.2 Å². The zero-order valence-corrected chi connectivity index (χ0v) is 15.0. The topological polar surface area (TPSA) is 47.6 Å². The number of rotatable bonds is 5. The zero-order chi connectivity index (χ0) is 17.0. The molecule has 1 rings (SSSR count). The van der Waals surface area contributed by atoms with Crippen LogP contribution in [0.2, 0.25) is 0 Å². The molecule has 1 N–H and O–H groups in total. The van der Waals surface area contributed by atoms with Gasteiger partial charge in [0, 0.05) is 0 Å². The average Bonchev–Trinajstić information content (AvgIpc) is 2.33. The molecule has 0 unspecified atom stereocenters. The highest BCUT2D eigenvalue weighted by Crippen LogP contribution is 2.19. The van der Waals surface area contributed by atoms with Crippen LogP contribution >= 0.6 is 11.8 Å². The van der Waals surface area contributed by atoms with Crippen LogP contribution in [0.5, 0.6) is 5.75 Å². The van der Waals surface area contributed by atoms with Crippen LogP contribution < -0.4 is 9.57 Å². The standard InChI is InChI=1S/C17H26ClNO3/c1-16(2,3)21-13-9-7-12(8-10-13)11-14(19-18)15(20)22-17(4,5)6/h7-10,14,19H,11H2,1-6H3/t14-/m1/s1. The number of carbonyl (C=O) groups is 1. The van der Waals surface area contributed by atoms with E-state index < -0.39 is 11.6 Å². The number of hydrogen-bond donors (Lipinski definition) is 1. The molecule has 0 aliphatic carbocycles. The van der Waals surface area contributed by atoms with E-state index in [2.05, 4.69) is 4.84 Å². The average molecular weight is 328 g/mol. The summed E-state index contributed by atoms with van der Waals surface area (Å²) >= 11 is 5.68. The van der Waals surface area contributed by atoms with Crippen LogP contribution in [-0.4, -0.2) is 23.2 Å². The predicted molar refractivity (Wildman–Crippen MR) is 89.1 cm³/mol. The van der Waals surface area contributed by atoms with Crippen molar-refractivity contribution < 1.29 is 14.3 Å². The molecule has 0 aromatic heterocycles. The van der Waals surface area contributed by atoms with E-state index in [1.165, 1.54) is 0 Å². The summed E-state index contributed by atoms with van der Waals surface area (Å²) in [6, 6.07) is 7.04. The molecule has 0 heterocycles. The molecular formula is C17H26ClNO3. The first kappa shape index (κ1) is 18.8. The molecule has 22 heavy (non-hydrogen) atoms. The highest BCUT2D eigenvalue weighted by atomic mass is 35.5. The molecule has 5 heteroatoms. The van der Waals surface area contributed by atoms with Gasteiger partial charge in [-0.2, -0.15) is 0 Å². The quantitative estimate of drug-likeness (QED) is 0.659. The van der Waals surface area contributed by atoms with Crippen LogP contribution in [-0.2, 0) is 16.0 Å². The van der Waals surface area contributed by atoms with Gasteiger partial charge in [0.15, 0.2) is 0 Å².